The fourth-order valence-corrected chi connectivity index (χ4v) is 3.77. The summed E-state index contributed by atoms with van der Waals surface area (Å²) in [6.45, 7) is 0.267. The van der Waals surface area contributed by atoms with Gasteiger partial charge in [-0.2, -0.15) is 0 Å². The fourth-order valence-electron chi connectivity index (χ4n) is 3.77. The van der Waals surface area contributed by atoms with Gasteiger partial charge in [-0.15, -0.1) is 0 Å². The van der Waals surface area contributed by atoms with Crippen molar-refractivity contribution < 1.29 is 20.8 Å². The largest absolute Gasteiger partial charge is 0.454 e. The third kappa shape index (κ3) is 3.23. The van der Waals surface area contributed by atoms with Crippen molar-refractivity contribution in [1.29, 1.82) is 0 Å². The first-order valence-corrected chi connectivity index (χ1v) is 9.70. The number of fused-ring (bicyclic) bond motifs is 1. The molecule has 1 heterocycles. The second kappa shape index (κ2) is 6.94. The highest BCUT2D eigenvalue weighted by molar-refractivity contribution is 6.01. The molecule has 1 fully saturated rings. The molecule has 29 heavy (non-hydrogen) atoms. The van der Waals surface area contributed by atoms with E-state index in [4.69, 9.17) is 14.6 Å². The molecule has 148 valence electrons. The monoisotopic (exact) mass is 389 g/mol. The summed E-state index contributed by atoms with van der Waals surface area (Å²) in [7, 11) is 0. The van der Waals surface area contributed by atoms with Crippen LogP contribution in [0.15, 0.2) is 66.7 Å². The van der Waals surface area contributed by atoms with E-state index in [2.05, 4.69) is 5.32 Å². The smallest absolute Gasteiger partial charge is 0.235 e. The van der Waals surface area contributed by atoms with Gasteiger partial charge in [0.25, 0.3) is 0 Å². The van der Waals surface area contributed by atoms with Crippen LogP contribution < -0.4 is 14.8 Å². The molecule has 2 N–H and O–H groups in total. The number of anilines is 1. The molecule has 5 rings (SSSR count). The van der Waals surface area contributed by atoms with E-state index < -0.39 is 5.41 Å². The minimum Gasteiger partial charge on any atom is -0.454 e. The van der Waals surface area contributed by atoms with E-state index >= 15 is 0 Å². The maximum atomic E-state index is 13.0. The molecule has 5 heteroatoms. The van der Waals surface area contributed by atoms with E-state index in [0.29, 0.717) is 5.75 Å². The van der Waals surface area contributed by atoms with Gasteiger partial charge >= 0.3 is 0 Å². The molecule has 5 nitrogen and oxygen atoms in total. The Hall–Kier alpha value is -3.31. The highest BCUT2D eigenvalue weighted by Gasteiger charge is 2.51. The van der Waals surface area contributed by atoms with Crippen molar-refractivity contribution in [2.75, 3.05) is 12.1 Å². The third-order valence-corrected chi connectivity index (χ3v) is 5.72. The summed E-state index contributed by atoms with van der Waals surface area (Å²) in [6, 6.07) is 21.4. The average molecular weight is 389 g/mol. The van der Waals surface area contributed by atoms with Crippen LogP contribution in [0.1, 0.15) is 25.4 Å². The molecule has 1 amide bonds. The van der Waals surface area contributed by atoms with Crippen LogP contribution in [0, 0.1) is 0 Å². The Labute approximate surface area is 170 Å². The lowest BCUT2D eigenvalue weighted by Gasteiger charge is -2.16. The second-order valence-corrected chi connectivity index (χ2v) is 7.54. The molecular weight excluding hydrogens is 366 g/mol. The van der Waals surface area contributed by atoms with Crippen molar-refractivity contribution in [2.45, 2.75) is 24.9 Å². The van der Waals surface area contributed by atoms with Crippen molar-refractivity contribution >= 4 is 11.6 Å². The minimum absolute atomic E-state index is 0. The predicted octanol–water partition coefficient (Wildman–Crippen LogP) is 4.49. The number of rotatable bonds is 5. The Morgan fingerprint density at radius 2 is 1.59 bits per heavy atom. The Morgan fingerprint density at radius 3 is 2.24 bits per heavy atom. The summed E-state index contributed by atoms with van der Waals surface area (Å²) in [6.07, 6.45) is 1.65. The van der Waals surface area contributed by atoms with Crippen molar-refractivity contribution in [3.8, 4) is 22.6 Å². The maximum Gasteiger partial charge on any atom is 0.235 e. The number of nitrogens with one attached hydrogen (secondary N) is 1. The van der Waals surface area contributed by atoms with Crippen LogP contribution in [0.4, 0.5) is 5.69 Å². The van der Waals surface area contributed by atoms with Crippen molar-refractivity contribution in [3.05, 3.63) is 77.9 Å². The number of aliphatic hydroxyl groups excluding tert-OH is 1. The van der Waals surface area contributed by atoms with Crippen LogP contribution in [-0.4, -0.2) is 17.8 Å². The Morgan fingerprint density at radius 1 is 0.931 bits per heavy atom. The summed E-state index contributed by atoms with van der Waals surface area (Å²) in [5.74, 6) is 1.45. The number of carbonyl (C=O) groups excluding carboxylic acids is 1. The van der Waals surface area contributed by atoms with E-state index in [1.165, 1.54) is 0 Å². The molecule has 0 saturated heterocycles. The minimum atomic E-state index is -0.486. The molecule has 1 saturated carbocycles. The molecule has 0 aromatic heterocycles. The van der Waals surface area contributed by atoms with E-state index in [-0.39, 0.29) is 20.7 Å². The van der Waals surface area contributed by atoms with E-state index in [0.717, 1.165) is 46.5 Å². The summed E-state index contributed by atoms with van der Waals surface area (Å²) >= 11 is 0. The fraction of sp³-hybridized carbons (Fsp3) is 0.208. The average Bonchev–Trinajstić information content (AvgIpc) is 3.45. The SMILES string of the molecule is O=C(Nc1ccc(-c2ccc(CO)cc2)cc1)C1(c2ccc3c(c2)OCO3)CC1.[HH]. The number of ether oxygens (including phenoxy) is 2. The van der Waals surface area contributed by atoms with Gasteiger partial charge < -0.3 is 19.9 Å². The van der Waals surface area contributed by atoms with Crippen molar-refractivity contribution in [3.63, 3.8) is 0 Å². The molecule has 3 aromatic carbocycles. The number of hydrogen-bond donors (Lipinski definition) is 2. The van der Waals surface area contributed by atoms with E-state index in [9.17, 15) is 4.79 Å². The van der Waals surface area contributed by atoms with Crippen molar-refractivity contribution in [2.24, 2.45) is 0 Å². The van der Waals surface area contributed by atoms with Crippen LogP contribution in [0.2, 0.25) is 0 Å². The second-order valence-electron chi connectivity index (χ2n) is 7.54. The van der Waals surface area contributed by atoms with Crippen LogP contribution in [0.3, 0.4) is 0 Å². The van der Waals surface area contributed by atoms with Gasteiger partial charge in [0.1, 0.15) is 0 Å². The molecule has 0 unspecified atom stereocenters. The number of aliphatic hydroxyl groups is 1. The molecule has 2 aliphatic rings. The standard InChI is InChI=1S/C24H21NO4.H2/c26-14-16-1-3-17(4-2-16)18-5-8-20(9-6-18)25-23(27)24(11-12-24)19-7-10-21-22(13-19)29-15-28-21;/h1-10,13,26H,11-12,14-15H2,(H,25,27);1H. The van der Waals surface area contributed by atoms with Gasteiger partial charge in [-0.3, -0.25) is 4.79 Å². The normalized spacial score (nSPS) is 15.8. The zero-order valence-corrected chi connectivity index (χ0v) is 15.9. The van der Waals surface area contributed by atoms with Crippen LogP contribution in [-0.2, 0) is 16.8 Å². The zero-order chi connectivity index (χ0) is 19.8. The lowest BCUT2D eigenvalue weighted by Crippen LogP contribution is -2.27. The molecule has 0 spiro atoms. The zero-order valence-electron chi connectivity index (χ0n) is 15.9. The Kier molecular flexibility index (Phi) is 4.25. The molecule has 0 atom stereocenters. The summed E-state index contributed by atoms with van der Waals surface area (Å²) in [4.78, 5) is 13.0. The number of amides is 1. The number of benzene rings is 3. The molecule has 0 bridgehead atoms. The van der Waals surface area contributed by atoms with Gasteiger partial charge in [0.2, 0.25) is 12.7 Å². The van der Waals surface area contributed by atoms with Gasteiger partial charge in [-0.25, -0.2) is 0 Å². The topological polar surface area (TPSA) is 67.8 Å². The lowest BCUT2D eigenvalue weighted by atomic mass is 9.94. The third-order valence-electron chi connectivity index (χ3n) is 5.72. The summed E-state index contributed by atoms with van der Waals surface area (Å²) in [5, 5.41) is 12.2. The van der Waals surface area contributed by atoms with Gasteiger partial charge in [0.15, 0.2) is 11.5 Å². The van der Waals surface area contributed by atoms with Crippen LogP contribution in [0.5, 0.6) is 11.5 Å². The Balaban J connectivity index is 0.00000218. The van der Waals surface area contributed by atoms with Gasteiger partial charge in [-0.1, -0.05) is 42.5 Å². The molecule has 1 aliphatic carbocycles. The first-order valence-electron chi connectivity index (χ1n) is 9.70. The lowest BCUT2D eigenvalue weighted by molar-refractivity contribution is -0.118. The first kappa shape index (κ1) is 17.8. The highest BCUT2D eigenvalue weighted by Crippen LogP contribution is 2.51. The van der Waals surface area contributed by atoms with Crippen LogP contribution >= 0.6 is 0 Å². The Bertz CT molecular complexity index is 1060. The summed E-state index contributed by atoms with van der Waals surface area (Å²) < 4.78 is 10.8. The number of carbonyl (C=O) groups is 1. The van der Waals surface area contributed by atoms with Gasteiger partial charge in [0, 0.05) is 7.11 Å². The van der Waals surface area contributed by atoms with Crippen LogP contribution in [0.25, 0.3) is 11.1 Å². The first-order chi connectivity index (χ1) is 14.2. The van der Waals surface area contributed by atoms with Crippen molar-refractivity contribution in [1.82, 2.24) is 0 Å². The maximum absolute atomic E-state index is 13.0. The number of hydrogen-bond acceptors (Lipinski definition) is 4. The molecule has 0 radical (unpaired) electrons. The quantitative estimate of drug-likeness (QED) is 0.675. The van der Waals surface area contributed by atoms with E-state index in [1.54, 1.807) is 0 Å². The van der Waals surface area contributed by atoms with Gasteiger partial charge in [0.05, 0.1) is 12.0 Å². The summed E-state index contributed by atoms with van der Waals surface area (Å²) in [5.41, 5.74) is 4.27. The predicted molar refractivity (Wildman–Crippen MR) is 112 cm³/mol. The molecule has 3 aromatic rings. The molecular formula is C24H23NO4. The van der Waals surface area contributed by atoms with E-state index in [1.807, 2.05) is 66.7 Å². The van der Waals surface area contributed by atoms with Gasteiger partial charge in [-0.05, 0) is 59.4 Å². The highest BCUT2D eigenvalue weighted by atomic mass is 16.7. The molecule has 1 aliphatic heterocycles.